The molecule has 0 amide bonds. The lowest BCUT2D eigenvalue weighted by atomic mass is 10.1. The van der Waals surface area contributed by atoms with Crippen LogP contribution >= 0.6 is 0 Å². The molecule has 0 saturated carbocycles. The second-order valence-electron chi connectivity index (χ2n) is 4.23. The van der Waals surface area contributed by atoms with Crippen LogP contribution in [0.4, 0.5) is 0 Å². The highest BCUT2D eigenvalue weighted by atomic mass is 16.5. The van der Waals surface area contributed by atoms with Crippen LogP contribution in [0.25, 0.3) is 0 Å². The molecular weight excluding hydrogens is 190 g/mol. The minimum Gasteiger partial charge on any atom is -0.469 e. The van der Waals surface area contributed by atoms with Crippen LogP contribution in [-0.2, 0) is 9.53 Å². The van der Waals surface area contributed by atoms with E-state index in [1.807, 2.05) is 6.92 Å². The summed E-state index contributed by atoms with van der Waals surface area (Å²) in [6.07, 6.45) is 4.99. The molecule has 0 heterocycles. The molecule has 0 saturated heterocycles. The van der Waals surface area contributed by atoms with Crippen molar-refractivity contribution < 1.29 is 9.53 Å². The van der Waals surface area contributed by atoms with Crippen molar-refractivity contribution in [2.24, 2.45) is 5.92 Å². The fraction of sp³-hybridized carbons (Fsp3) is 0.917. The number of rotatable bonds is 8. The molecule has 0 aromatic heterocycles. The monoisotopic (exact) mass is 215 g/mol. The summed E-state index contributed by atoms with van der Waals surface area (Å²) in [6.45, 7) is 6.97. The Hall–Kier alpha value is -0.570. The van der Waals surface area contributed by atoms with Crippen LogP contribution in [0.2, 0.25) is 0 Å². The van der Waals surface area contributed by atoms with Crippen LogP contribution in [-0.4, -0.2) is 25.7 Å². The highest BCUT2D eigenvalue weighted by Crippen LogP contribution is 2.04. The van der Waals surface area contributed by atoms with Gasteiger partial charge >= 0.3 is 5.97 Å². The first-order chi connectivity index (χ1) is 7.11. The molecule has 0 aromatic carbocycles. The maximum absolute atomic E-state index is 11.1. The molecule has 2 atom stereocenters. The molecule has 15 heavy (non-hydrogen) atoms. The average Bonchev–Trinajstić information content (AvgIpc) is 2.25. The second kappa shape index (κ2) is 8.72. The van der Waals surface area contributed by atoms with E-state index >= 15 is 0 Å². The summed E-state index contributed by atoms with van der Waals surface area (Å²) in [5, 5.41) is 3.36. The zero-order chi connectivity index (χ0) is 11.7. The first-order valence-electron chi connectivity index (χ1n) is 5.93. The van der Waals surface area contributed by atoms with E-state index in [2.05, 4.69) is 23.9 Å². The number of carbonyl (C=O) groups excluding carboxylic acids is 1. The smallest absolute Gasteiger partial charge is 0.309 e. The van der Waals surface area contributed by atoms with Gasteiger partial charge in [0.25, 0.3) is 0 Å². The molecule has 0 rings (SSSR count). The maximum atomic E-state index is 11.1. The van der Waals surface area contributed by atoms with Gasteiger partial charge in [-0.2, -0.15) is 0 Å². The normalized spacial score (nSPS) is 14.7. The van der Waals surface area contributed by atoms with Gasteiger partial charge in [0.1, 0.15) is 0 Å². The van der Waals surface area contributed by atoms with Crippen LogP contribution < -0.4 is 5.32 Å². The molecular formula is C12H25NO2. The van der Waals surface area contributed by atoms with Crippen molar-refractivity contribution in [2.75, 3.05) is 13.7 Å². The summed E-state index contributed by atoms with van der Waals surface area (Å²) in [5.74, 6) is -0.188. The van der Waals surface area contributed by atoms with Gasteiger partial charge in [0.05, 0.1) is 13.0 Å². The van der Waals surface area contributed by atoms with E-state index in [0.29, 0.717) is 12.6 Å². The lowest BCUT2D eigenvalue weighted by molar-refractivity contribution is -0.144. The fourth-order valence-corrected chi connectivity index (χ4v) is 1.47. The highest BCUT2D eigenvalue weighted by molar-refractivity contribution is 5.72. The van der Waals surface area contributed by atoms with Crippen molar-refractivity contribution >= 4 is 5.97 Å². The zero-order valence-corrected chi connectivity index (χ0v) is 10.5. The third kappa shape index (κ3) is 7.37. The highest BCUT2D eigenvalue weighted by Gasteiger charge is 2.13. The van der Waals surface area contributed by atoms with Gasteiger partial charge in [-0.3, -0.25) is 4.79 Å². The minimum atomic E-state index is -0.136. The van der Waals surface area contributed by atoms with E-state index < -0.39 is 0 Å². The van der Waals surface area contributed by atoms with E-state index in [-0.39, 0.29) is 11.9 Å². The number of carbonyl (C=O) groups is 1. The van der Waals surface area contributed by atoms with Gasteiger partial charge in [-0.1, -0.05) is 33.1 Å². The predicted octanol–water partition coefficient (Wildman–Crippen LogP) is 2.35. The summed E-state index contributed by atoms with van der Waals surface area (Å²) in [7, 11) is 1.43. The number of unbranched alkanes of at least 4 members (excludes halogenated alkanes) is 2. The lowest BCUT2D eigenvalue weighted by Gasteiger charge is -2.16. The van der Waals surface area contributed by atoms with E-state index in [9.17, 15) is 4.79 Å². The molecule has 0 fully saturated rings. The first kappa shape index (κ1) is 14.4. The van der Waals surface area contributed by atoms with Gasteiger partial charge in [0.2, 0.25) is 0 Å². The minimum absolute atomic E-state index is 0.0522. The Balaban J connectivity index is 3.52. The van der Waals surface area contributed by atoms with E-state index in [1.54, 1.807) is 0 Å². The second-order valence-corrected chi connectivity index (χ2v) is 4.23. The third-order valence-corrected chi connectivity index (χ3v) is 2.62. The SMILES string of the molecule is CCCCCC(C)NCC(C)C(=O)OC. The van der Waals surface area contributed by atoms with Gasteiger partial charge in [-0.05, 0) is 13.3 Å². The summed E-state index contributed by atoms with van der Waals surface area (Å²) >= 11 is 0. The Bertz CT molecular complexity index is 171. The van der Waals surface area contributed by atoms with Gasteiger partial charge in [-0.25, -0.2) is 0 Å². The van der Waals surface area contributed by atoms with Crippen molar-refractivity contribution in [3.8, 4) is 0 Å². The van der Waals surface area contributed by atoms with Crippen molar-refractivity contribution in [1.29, 1.82) is 0 Å². The van der Waals surface area contributed by atoms with Crippen molar-refractivity contribution in [1.82, 2.24) is 5.32 Å². The predicted molar refractivity (Wildman–Crippen MR) is 62.8 cm³/mol. The molecule has 3 heteroatoms. The molecule has 1 N–H and O–H groups in total. The number of ether oxygens (including phenoxy) is 1. The van der Waals surface area contributed by atoms with Gasteiger partial charge in [0.15, 0.2) is 0 Å². The Kier molecular flexibility index (Phi) is 8.38. The van der Waals surface area contributed by atoms with Crippen LogP contribution in [0, 0.1) is 5.92 Å². The van der Waals surface area contributed by atoms with Crippen LogP contribution in [0.5, 0.6) is 0 Å². The Labute approximate surface area is 93.6 Å². The summed E-state index contributed by atoms with van der Waals surface area (Å²) < 4.78 is 4.66. The van der Waals surface area contributed by atoms with Crippen molar-refractivity contribution in [3.63, 3.8) is 0 Å². The Morgan fingerprint density at radius 3 is 2.53 bits per heavy atom. The number of hydrogen-bond donors (Lipinski definition) is 1. The molecule has 3 nitrogen and oxygen atoms in total. The molecule has 90 valence electrons. The molecule has 0 bridgehead atoms. The molecule has 0 aliphatic heterocycles. The number of nitrogens with one attached hydrogen (secondary N) is 1. The van der Waals surface area contributed by atoms with Crippen LogP contribution in [0.1, 0.15) is 46.5 Å². The summed E-state index contributed by atoms with van der Waals surface area (Å²) in [4.78, 5) is 11.1. The topological polar surface area (TPSA) is 38.3 Å². The largest absolute Gasteiger partial charge is 0.469 e. The van der Waals surface area contributed by atoms with E-state index in [1.165, 1.54) is 32.8 Å². The van der Waals surface area contributed by atoms with Crippen LogP contribution in [0.15, 0.2) is 0 Å². The molecule has 0 aromatic rings. The third-order valence-electron chi connectivity index (χ3n) is 2.62. The average molecular weight is 215 g/mol. The Morgan fingerprint density at radius 2 is 2.00 bits per heavy atom. The summed E-state index contributed by atoms with van der Waals surface area (Å²) in [6, 6.07) is 0.489. The first-order valence-corrected chi connectivity index (χ1v) is 5.93. The van der Waals surface area contributed by atoms with E-state index in [4.69, 9.17) is 0 Å². The number of esters is 1. The summed E-state index contributed by atoms with van der Waals surface area (Å²) in [5.41, 5.74) is 0. The molecule has 0 aliphatic rings. The zero-order valence-electron chi connectivity index (χ0n) is 10.5. The van der Waals surface area contributed by atoms with Crippen molar-refractivity contribution in [3.05, 3.63) is 0 Å². The van der Waals surface area contributed by atoms with Gasteiger partial charge in [-0.15, -0.1) is 0 Å². The van der Waals surface area contributed by atoms with Crippen LogP contribution in [0.3, 0.4) is 0 Å². The number of methoxy groups -OCH3 is 1. The maximum Gasteiger partial charge on any atom is 0.309 e. The molecule has 0 spiro atoms. The Morgan fingerprint density at radius 1 is 1.33 bits per heavy atom. The molecule has 0 aliphatic carbocycles. The quantitative estimate of drug-likeness (QED) is 0.499. The van der Waals surface area contributed by atoms with E-state index in [0.717, 1.165) is 0 Å². The van der Waals surface area contributed by atoms with Crippen molar-refractivity contribution in [2.45, 2.75) is 52.5 Å². The van der Waals surface area contributed by atoms with Gasteiger partial charge < -0.3 is 10.1 Å². The molecule has 2 unspecified atom stereocenters. The lowest BCUT2D eigenvalue weighted by Crippen LogP contribution is -2.33. The number of hydrogen-bond acceptors (Lipinski definition) is 3. The standard InChI is InChI=1S/C12H25NO2/c1-5-6-7-8-11(3)13-9-10(2)12(14)15-4/h10-11,13H,5-9H2,1-4H3. The fourth-order valence-electron chi connectivity index (χ4n) is 1.47. The van der Waals surface area contributed by atoms with Gasteiger partial charge in [0, 0.05) is 12.6 Å². The molecule has 0 radical (unpaired) electrons.